The van der Waals surface area contributed by atoms with Crippen molar-refractivity contribution >= 4 is 12.4 Å². The summed E-state index contributed by atoms with van der Waals surface area (Å²) in [4.78, 5) is 0. The predicted octanol–water partition coefficient (Wildman–Crippen LogP) is 1.09. The fourth-order valence-electron chi connectivity index (χ4n) is 2.35. The molecular formula is C9H18ClNO2. The van der Waals surface area contributed by atoms with Crippen LogP contribution in [-0.4, -0.2) is 31.0 Å². The fraction of sp³-hybridized carbons (Fsp3) is 1.00. The quantitative estimate of drug-likeness (QED) is 0.738. The molecule has 1 aliphatic carbocycles. The zero-order valence-electron chi connectivity index (χ0n) is 7.99. The largest absolute Gasteiger partial charge is 0.375 e. The van der Waals surface area contributed by atoms with Crippen LogP contribution < -0.4 is 5.73 Å². The van der Waals surface area contributed by atoms with Gasteiger partial charge in [-0.3, -0.25) is 0 Å². The summed E-state index contributed by atoms with van der Waals surface area (Å²) in [7, 11) is 0. The van der Waals surface area contributed by atoms with Gasteiger partial charge in [-0.2, -0.15) is 0 Å². The number of ether oxygens (including phenoxy) is 2. The first-order chi connectivity index (χ1) is 5.79. The molecule has 0 aromatic carbocycles. The van der Waals surface area contributed by atoms with Gasteiger partial charge in [0.25, 0.3) is 0 Å². The maximum absolute atomic E-state index is 5.93. The van der Waals surface area contributed by atoms with Gasteiger partial charge < -0.3 is 15.2 Å². The molecule has 0 radical (unpaired) electrons. The lowest BCUT2D eigenvalue weighted by molar-refractivity contribution is -0.189. The summed E-state index contributed by atoms with van der Waals surface area (Å²) < 4.78 is 11.3. The van der Waals surface area contributed by atoms with E-state index in [2.05, 4.69) is 0 Å². The molecule has 1 heterocycles. The Hall–Kier alpha value is 0.170. The van der Waals surface area contributed by atoms with Gasteiger partial charge in [-0.05, 0) is 26.2 Å². The smallest absolute Gasteiger partial charge is 0.109 e. The van der Waals surface area contributed by atoms with Crippen LogP contribution in [0.1, 0.15) is 26.2 Å². The third-order valence-corrected chi connectivity index (χ3v) is 3.09. The summed E-state index contributed by atoms with van der Waals surface area (Å²) in [5, 5.41) is 0. The second-order valence-electron chi connectivity index (χ2n) is 3.69. The van der Waals surface area contributed by atoms with Crippen LogP contribution in [-0.2, 0) is 9.47 Å². The predicted molar refractivity (Wildman–Crippen MR) is 53.2 cm³/mol. The highest BCUT2D eigenvalue weighted by atomic mass is 35.5. The number of hydrogen-bond donors (Lipinski definition) is 1. The van der Waals surface area contributed by atoms with Crippen molar-refractivity contribution in [1.29, 1.82) is 0 Å². The molecule has 2 N–H and O–H groups in total. The number of rotatable bonds is 2. The molecule has 0 bridgehead atoms. The molecule has 1 aliphatic heterocycles. The minimum Gasteiger partial charge on any atom is -0.375 e. The molecule has 78 valence electrons. The molecule has 0 amide bonds. The Bertz CT molecular complexity index is 169. The van der Waals surface area contributed by atoms with Gasteiger partial charge in [0.05, 0.1) is 6.10 Å². The van der Waals surface area contributed by atoms with Gasteiger partial charge in [0, 0.05) is 19.3 Å². The molecule has 3 unspecified atom stereocenters. The topological polar surface area (TPSA) is 44.5 Å². The molecule has 2 aliphatic rings. The lowest BCUT2D eigenvalue weighted by atomic mass is 9.70. The van der Waals surface area contributed by atoms with Crippen molar-refractivity contribution in [2.24, 2.45) is 5.73 Å². The molecule has 3 atom stereocenters. The number of halogens is 1. The van der Waals surface area contributed by atoms with Crippen LogP contribution in [0.5, 0.6) is 0 Å². The van der Waals surface area contributed by atoms with E-state index in [4.69, 9.17) is 15.2 Å². The second-order valence-corrected chi connectivity index (χ2v) is 3.69. The van der Waals surface area contributed by atoms with E-state index in [1.807, 2.05) is 6.92 Å². The lowest BCUT2D eigenvalue weighted by Gasteiger charge is -2.50. The van der Waals surface area contributed by atoms with Crippen LogP contribution in [0.25, 0.3) is 0 Å². The summed E-state index contributed by atoms with van der Waals surface area (Å²) in [5.74, 6) is 0. The highest BCUT2D eigenvalue weighted by Crippen LogP contribution is 2.44. The summed E-state index contributed by atoms with van der Waals surface area (Å²) in [6.45, 7) is 3.65. The monoisotopic (exact) mass is 207 g/mol. The van der Waals surface area contributed by atoms with Crippen LogP contribution in [0.4, 0.5) is 0 Å². The highest BCUT2D eigenvalue weighted by Gasteiger charge is 2.56. The molecule has 0 aromatic rings. The van der Waals surface area contributed by atoms with E-state index in [9.17, 15) is 0 Å². The van der Waals surface area contributed by atoms with Gasteiger partial charge in [0.2, 0.25) is 0 Å². The van der Waals surface area contributed by atoms with E-state index in [0.29, 0.717) is 0 Å². The van der Waals surface area contributed by atoms with Crippen molar-refractivity contribution in [3.05, 3.63) is 0 Å². The Morgan fingerprint density at radius 2 is 2.38 bits per heavy atom. The van der Waals surface area contributed by atoms with Crippen LogP contribution in [0.15, 0.2) is 0 Å². The van der Waals surface area contributed by atoms with Crippen molar-refractivity contribution < 1.29 is 9.47 Å². The summed E-state index contributed by atoms with van der Waals surface area (Å²) in [6.07, 6.45) is 3.45. The Balaban J connectivity index is 0.000000845. The maximum atomic E-state index is 5.93. The zero-order chi connectivity index (χ0) is 8.60. The highest BCUT2D eigenvalue weighted by molar-refractivity contribution is 5.85. The van der Waals surface area contributed by atoms with Gasteiger partial charge >= 0.3 is 0 Å². The van der Waals surface area contributed by atoms with E-state index in [1.165, 1.54) is 0 Å². The molecule has 4 heteroatoms. The molecule has 0 aromatic heterocycles. The third-order valence-electron chi connectivity index (χ3n) is 3.09. The first-order valence-electron chi connectivity index (χ1n) is 4.81. The van der Waals surface area contributed by atoms with Crippen LogP contribution in [0.3, 0.4) is 0 Å². The molecule has 1 spiro atoms. The Labute approximate surface area is 85.4 Å². The summed E-state index contributed by atoms with van der Waals surface area (Å²) in [5.41, 5.74) is 5.83. The van der Waals surface area contributed by atoms with Crippen LogP contribution in [0.2, 0.25) is 0 Å². The van der Waals surface area contributed by atoms with Crippen molar-refractivity contribution in [3.63, 3.8) is 0 Å². The third kappa shape index (κ3) is 1.59. The van der Waals surface area contributed by atoms with Gasteiger partial charge in [-0.1, -0.05) is 0 Å². The summed E-state index contributed by atoms with van der Waals surface area (Å²) in [6, 6.07) is 0.205. The average Bonchev–Trinajstić information content (AvgIpc) is 2.55. The van der Waals surface area contributed by atoms with Crippen LogP contribution in [0, 0.1) is 0 Å². The second kappa shape index (κ2) is 4.13. The lowest BCUT2D eigenvalue weighted by Crippen LogP contribution is -2.67. The van der Waals surface area contributed by atoms with Gasteiger partial charge in [-0.15, -0.1) is 12.4 Å². The first-order valence-corrected chi connectivity index (χ1v) is 4.81. The van der Waals surface area contributed by atoms with Crippen molar-refractivity contribution in [2.75, 3.05) is 13.2 Å². The molecule has 13 heavy (non-hydrogen) atoms. The van der Waals surface area contributed by atoms with Crippen molar-refractivity contribution in [2.45, 2.75) is 43.9 Å². The first kappa shape index (κ1) is 11.2. The Kier molecular flexibility index (Phi) is 3.57. The minimum absolute atomic E-state index is 0. The van der Waals surface area contributed by atoms with Gasteiger partial charge in [-0.25, -0.2) is 0 Å². The van der Waals surface area contributed by atoms with Crippen molar-refractivity contribution in [3.8, 4) is 0 Å². The fourth-order valence-corrected chi connectivity index (χ4v) is 2.35. The molecule has 3 nitrogen and oxygen atoms in total. The molecular weight excluding hydrogens is 190 g/mol. The number of nitrogens with two attached hydrogens (primary N) is 1. The molecule has 2 rings (SSSR count). The average molecular weight is 208 g/mol. The Morgan fingerprint density at radius 3 is 2.85 bits per heavy atom. The number of hydrogen-bond acceptors (Lipinski definition) is 3. The van der Waals surface area contributed by atoms with E-state index < -0.39 is 0 Å². The Morgan fingerprint density at radius 1 is 1.62 bits per heavy atom. The van der Waals surface area contributed by atoms with E-state index in [0.717, 1.165) is 32.5 Å². The SMILES string of the molecule is CCOC1CC(N)C12CCCO2.Cl. The minimum atomic E-state index is -0.101. The maximum Gasteiger partial charge on any atom is 0.109 e. The van der Waals surface area contributed by atoms with E-state index in [-0.39, 0.29) is 30.2 Å². The molecule has 2 fully saturated rings. The van der Waals surface area contributed by atoms with Gasteiger partial charge in [0.15, 0.2) is 0 Å². The zero-order valence-corrected chi connectivity index (χ0v) is 8.81. The van der Waals surface area contributed by atoms with Crippen LogP contribution >= 0.6 is 12.4 Å². The standard InChI is InChI=1S/C9H17NO2.ClH/c1-2-11-8-6-7(10)9(8)4-3-5-12-9;/h7-8H,2-6,10H2,1H3;1H. The van der Waals surface area contributed by atoms with Gasteiger partial charge in [0.1, 0.15) is 5.60 Å². The summed E-state index contributed by atoms with van der Waals surface area (Å²) >= 11 is 0. The molecule has 1 saturated heterocycles. The van der Waals surface area contributed by atoms with Crippen molar-refractivity contribution in [1.82, 2.24) is 0 Å². The van der Waals surface area contributed by atoms with E-state index in [1.54, 1.807) is 0 Å². The van der Waals surface area contributed by atoms with E-state index >= 15 is 0 Å². The normalized spacial score (nSPS) is 42.9. The molecule has 1 saturated carbocycles.